The van der Waals surface area contributed by atoms with E-state index in [1.807, 2.05) is 4.90 Å². The first kappa shape index (κ1) is 23.7. The van der Waals surface area contributed by atoms with Crippen LogP contribution in [0, 0.1) is 11.6 Å². The molecular weight excluding hydrogens is 463 g/mol. The average Bonchev–Trinajstić information content (AvgIpc) is 2.81. The molecule has 35 heavy (non-hydrogen) atoms. The molecule has 1 aromatic carbocycles. The quantitative estimate of drug-likeness (QED) is 0.701. The van der Waals surface area contributed by atoms with Crippen LogP contribution in [-0.2, 0) is 9.53 Å². The van der Waals surface area contributed by atoms with Crippen LogP contribution in [0.15, 0.2) is 24.3 Å². The van der Waals surface area contributed by atoms with Crippen molar-refractivity contribution in [1.29, 1.82) is 0 Å². The van der Waals surface area contributed by atoms with Gasteiger partial charge in [-0.25, -0.2) is 13.2 Å². The Kier molecular flexibility index (Phi) is 6.43. The van der Waals surface area contributed by atoms with Crippen molar-refractivity contribution in [3.63, 3.8) is 0 Å². The van der Waals surface area contributed by atoms with Crippen LogP contribution in [0.4, 0.5) is 30.6 Å². The van der Waals surface area contributed by atoms with Crippen LogP contribution in [0.2, 0.25) is 0 Å². The number of ether oxygens (including phenoxy) is 2. The van der Waals surface area contributed by atoms with Crippen molar-refractivity contribution in [3.8, 4) is 5.88 Å². The van der Waals surface area contributed by atoms with Crippen LogP contribution < -0.4 is 20.3 Å². The summed E-state index contributed by atoms with van der Waals surface area (Å²) in [4.78, 5) is 24.9. The zero-order chi connectivity index (χ0) is 24.6. The first-order valence-corrected chi connectivity index (χ1v) is 11.9. The summed E-state index contributed by atoms with van der Waals surface area (Å²) in [5.41, 5.74) is 5.35. The lowest BCUT2D eigenvalue weighted by Gasteiger charge is -2.52. The van der Waals surface area contributed by atoms with Gasteiger partial charge in [0.15, 0.2) is 11.6 Å². The van der Waals surface area contributed by atoms with Crippen molar-refractivity contribution >= 4 is 23.4 Å². The average molecular weight is 492 g/mol. The number of alkyl halides is 1. The van der Waals surface area contributed by atoms with Gasteiger partial charge in [-0.15, -0.1) is 0 Å². The molecule has 1 amide bonds. The minimum absolute atomic E-state index is 0.00470. The fourth-order valence-electron chi connectivity index (χ4n) is 5.36. The van der Waals surface area contributed by atoms with Gasteiger partial charge in [-0.1, -0.05) is 0 Å². The number of anilines is 3. The maximum atomic E-state index is 14.6. The first-order chi connectivity index (χ1) is 16.8. The van der Waals surface area contributed by atoms with Gasteiger partial charge in [0.25, 0.3) is 0 Å². The molecule has 0 radical (unpaired) electrons. The number of aromatic nitrogens is 2. The largest absolute Gasteiger partial charge is 0.474 e. The summed E-state index contributed by atoms with van der Waals surface area (Å²) in [6.45, 7) is 2.20. The number of hydrogen-bond donors (Lipinski definition) is 1. The van der Waals surface area contributed by atoms with Gasteiger partial charge in [0.05, 0.1) is 25.2 Å². The van der Waals surface area contributed by atoms with Crippen LogP contribution in [0.3, 0.4) is 0 Å². The van der Waals surface area contributed by atoms with Gasteiger partial charge in [-0.3, -0.25) is 4.79 Å². The van der Waals surface area contributed by atoms with Crippen molar-refractivity contribution in [2.75, 3.05) is 41.8 Å². The number of hydrogen-bond acceptors (Lipinski definition) is 7. The van der Waals surface area contributed by atoms with Gasteiger partial charge in [-0.05, 0) is 25.0 Å². The molecule has 1 spiro atoms. The third-order valence-electron chi connectivity index (χ3n) is 7.06. The molecule has 1 atom stereocenters. The van der Waals surface area contributed by atoms with E-state index in [4.69, 9.17) is 15.2 Å². The zero-order valence-electron chi connectivity index (χ0n) is 19.3. The smallest absolute Gasteiger partial charge is 0.230 e. The summed E-state index contributed by atoms with van der Waals surface area (Å²) in [6.07, 6.45) is 0.957. The molecule has 1 unspecified atom stereocenters. The molecule has 2 N–H and O–H groups in total. The number of amides is 1. The van der Waals surface area contributed by atoms with E-state index in [2.05, 4.69) is 9.97 Å². The molecular formula is C24H28F3N5O3. The van der Waals surface area contributed by atoms with Gasteiger partial charge < -0.3 is 25.0 Å². The number of rotatable bonds is 4. The highest BCUT2D eigenvalue weighted by Crippen LogP contribution is 2.43. The third kappa shape index (κ3) is 4.86. The molecule has 3 saturated heterocycles. The molecule has 4 heterocycles. The Balaban J connectivity index is 1.35. The predicted molar refractivity (Wildman–Crippen MR) is 123 cm³/mol. The standard InChI is InChI=1S/C24H28F3N5O3/c25-15-11-22(33)32(16-1-2-18(26)19(27)12-16)24(14-15)5-7-31(8-6-24)20-13-21(30-23(28)29-20)35-17-3-9-34-10-4-17/h1-2,12-13,15,17H,3-11,14H2,(H2,28,29,30). The summed E-state index contributed by atoms with van der Waals surface area (Å²) in [7, 11) is 0. The van der Waals surface area contributed by atoms with Crippen LogP contribution in [0.5, 0.6) is 5.88 Å². The first-order valence-electron chi connectivity index (χ1n) is 11.9. The van der Waals surface area contributed by atoms with Crippen LogP contribution >= 0.6 is 0 Å². The summed E-state index contributed by atoms with van der Waals surface area (Å²) in [5, 5.41) is 0. The van der Waals surface area contributed by atoms with Gasteiger partial charge in [0.1, 0.15) is 18.1 Å². The number of piperidine rings is 2. The maximum Gasteiger partial charge on any atom is 0.230 e. The molecule has 2 aromatic rings. The lowest BCUT2D eigenvalue weighted by Crippen LogP contribution is -2.62. The Morgan fingerprint density at radius 3 is 2.54 bits per heavy atom. The van der Waals surface area contributed by atoms with Gasteiger partial charge in [0, 0.05) is 50.2 Å². The van der Waals surface area contributed by atoms with Crippen molar-refractivity contribution in [2.45, 2.75) is 56.3 Å². The minimum atomic E-state index is -1.29. The summed E-state index contributed by atoms with van der Waals surface area (Å²) in [5.74, 6) is -1.40. The fourth-order valence-corrected chi connectivity index (χ4v) is 5.36. The molecule has 5 rings (SSSR count). The van der Waals surface area contributed by atoms with Gasteiger partial charge in [0.2, 0.25) is 17.7 Å². The Hall–Kier alpha value is -3.08. The SMILES string of the molecule is Nc1nc(OC2CCOCC2)cc(N2CCC3(CC2)CC(F)CC(=O)N3c2ccc(F)c(F)c2)n1. The van der Waals surface area contributed by atoms with E-state index in [1.54, 1.807) is 6.07 Å². The molecule has 3 aliphatic heterocycles. The van der Waals surface area contributed by atoms with E-state index in [9.17, 15) is 18.0 Å². The van der Waals surface area contributed by atoms with Gasteiger partial charge in [-0.2, -0.15) is 9.97 Å². The number of nitrogens with two attached hydrogens (primary N) is 1. The molecule has 11 heteroatoms. The second-order valence-corrected chi connectivity index (χ2v) is 9.40. The highest BCUT2D eigenvalue weighted by Gasteiger charge is 2.49. The van der Waals surface area contributed by atoms with E-state index in [0.717, 1.165) is 25.0 Å². The molecule has 188 valence electrons. The molecule has 3 aliphatic rings. The molecule has 0 aliphatic carbocycles. The van der Waals surface area contributed by atoms with Crippen LogP contribution in [-0.4, -0.2) is 60.0 Å². The van der Waals surface area contributed by atoms with Crippen molar-refractivity contribution in [3.05, 3.63) is 35.9 Å². The predicted octanol–water partition coefficient (Wildman–Crippen LogP) is 3.40. The van der Waals surface area contributed by atoms with E-state index in [-0.39, 0.29) is 30.6 Å². The van der Waals surface area contributed by atoms with E-state index < -0.39 is 29.3 Å². The summed E-state index contributed by atoms with van der Waals surface area (Å²) < 4.78 is 53.5. The number of nitrogens with zero attached hydrogens (tertiary/aromatic N) is 4. The van der Waals surface area contributed by atoms with Crippen molar-refractivity contribution < 1.29 is 27.4 Å². The number of benzene rings is 1. The van der Waals surface area contributed by atoms with E-state index in [0.29, 0.717) is 50.8 Å². The van der Waals surface area contributed by atoms with E-state index in [1.165, 1.54) is 11.0 Å². The lowest BCUT2D eigenvalue weighted by atomic mass is 9.77. The number of halogens is 3. The van der Waals surface area contributed by atoms with Gasteiger partial charge >= 0.3 is 0 Å². The Bertz CT molecular complexity index is 1090. The second-order valence-electron chi connectivity index (χ2n) is 9.40. The topological polar surface area (TPSA) is 93.8 Å². The Labute approximate surface area is 201 Å². The molecule has 8 nitrogen and oxygen atoms in total. The minimum Gasteiger partial charge on any atom is -0.474 e. The van der Waals surface area contributed by atoms with Crippen LogP contribution in [0.25, 0.3) is 0 Å². The number of carbonyl (C=O) groups excluding carboxylic acids is 1. The Morgan fingerprint density at radius 2 is 1.83 bits per heavy atom. The highest BCUT2D eigenvalue weighted by atomic mass is 19.2. The summed E-state index contributed by atoms with van der Waals surface area (Å²) >= 11 is 0. The lowest BCUT2D eigenvalue weighted by molar-refractivity contribution is -0.123. The molecule has 3 fully saturated rings. The third-order valence-corrected chi connectivity index (χ3v) is 7.06. The second kappa shape index (κ2) is 9.52. The highest BCUT2D eigenvalue weighted by molar-refractivity contribution is 5.96. The van der Waals surface area contributed by atoms with Crippen molar-refractivity contribution in [2.24, 2.45) is 0 Å². The maximum absolute atomic E-state index is 14.6. The fraction of sp³-hybridized carbons (Fsp3) is 0.542. The molecule has 0 saturated carbocycles. The normalized spacial score (nSPS) is 23.1. The number of carbonyl (C=O) groups is 1. The monoisotopic (exact) mass is 491 g/mol. The molecule has 0 bridgehead atoms. The Morgan fingerprint density at radius 1 is 1.09 bits per heavy atom. The van der Waals surface area contributed by atoms with E-state index >= 15 is 0 Å². The zero-order valence-corrected chi connectivity index (χ0v) is 19.3. The summed E-state index contributed by atoms with van der Waals surface area (Å²) in [6, 6.07) is 5.10. The molecule has 1 aromatic heterocycles. The van der Waals surface area contributed by atoms with Crippen molar-refractivity contribution in [1.82, 2.24) is 9.97 Å². The number of nitrogen functional groups attached to an aromatic ring is 1. The van der Waals surface area contributed by atoms with Crippen LogP contribution in [0.1, 0.15) is 38.5 Å².